The van der Waals surface area contributed by atoms with Crippen molar-refractivity contribution >= 4 is 9.84 Å². The molecule has 0 bridgehead atoms. The zero-order chi connectivity index (χ0) is 10.8. The Bertz CT molecular complexity index is 278. The second-order valence-electron chi connectivity index (χ2n) is 4.51. The zero-order valence-electron chi connectivity index (χ0n) is 8.57. The van der Waals surface area contributed by atoms with Gasteiger partial charge in [0.25, 0.3) is 0 Å². The van der Waals surface area contributed by atoms with Crippen LogP contribution in [0.15, 0.2) is 0 Å². The molecule has 1 rings (SSSR count). The minimum absolute atomic E-state index is 0.156. The molecule has 14 heavy (non-hydrogen) atoms. The predicted molar refractivity (Wildman–Crippen MR) is 55.7 cm³/mol. The van der Waals surface area contributed by atoms with Gasteiger partial charge in [-0.2, -0.15) is 0 Å². The molecular weight excluding hydrogens is 202 g/mol. The SMILES string of the molecule is CS(=O)(=O)CC1(CN)CCC(O)CC1. The van der Waals surface area contributed by atoms with Crippen LogP contribution in [0, 0.1) is 5.41 Å². The summed E-state index contributed by atoms with van der Waals surface area (Å²) >= 11 is 0. The maximum Gasteiger partial charge on any atom is 0.148 e. The molecule has 0 spiro atoms. The highest BCUT2D eigenvalue weighted by atomic mass is 32.2. The van der Waals surface area contributed by atoms with E-state index < -0.39 is 9.84 Å². The van der Waals surface area contributed by atoms with Gasteiger partial charge in [-0.25, -0.2) is 8.42 Å². The number of hydrogen-bond acceptors (Lipinski definition) is 4. The van der Waals surface area contributed by atoms with Crippen molar-refractivity contribution in [2.45, 2.75) is 31.8 Å². The van der Waals surface area contributed by atoms with Crippen LogP contribution >= 0.6 is 0 Å². The molecule has 1 aliphatic rings. The smallest absolute Gasteiger partial charge is 0.148 e. The first-order valence-corrected chi connectivity index (χ1v) is 6.99. The Labute approximate surface area is 85.4 Å². The van der Waals surface area contributed by atoms with Gasteiger partial charge < -0.3 is 10.8 Å². The topological polar surface area (TPSA) is 80.4 Å². The number of sulfone groups is 1. The summed E-state index contributed by atoms with van der Waals surface area (Å²) in [6, 6.07) is 0. The molecule has 1 saturated carbocycles. The summed E-state index contributed by atoms with van der Waals surface area (Å²) < 4.78 is 22.5. The molecule has 0 unspecified atom stereocenters. The van der Waals surface area contributed by atoms with Gasteiger partial charge >= 0.3 is 0 Å². The summed E-state index contributed by atoms with van der Waals surface area (Å²) in [5.41, 5.74) is 5.36. The molecule has 0 heterocycles. The van der Waals surface area contributed by atoms with Crippen molar-refractivity contribution in [1.29, 1.82) is 0 Å². The molecule has 0 amide bonds. The van der Waals surface area contributed by atoms with Gasteiger partial charge in [-0.3, -0.25) is 0 Å². The van der Waals surface area contributed by atoms with E-state index in [1.54, 1.807) is 0 Å². The Morgan fingerprint density at radius 1 is 1.43 bits per heavy atom. The third kappa shape index (κ3) is 3.22. The summed E-state index contributed by atoms with van der Waals surface area (Å²) in [4.78, 5) is 0. The van der Waals surface area contributed by atoms with Gasteiger partial charge in [-0.05, 0) is 37.6 Å². The fourth-order valence-electron chi connectivity index (χ4n) is 2.18. The Morgan fingerprint density at radius 3 is 2.29 bits per heavy atom. The third-order valence-corrected chi connectivity index (χ3v) is 4.15. The van der Waals surface area contributed by atoms with Gasteiger partial charge in [-0.15, -0.1) is 0 Å². The van der Waals surface area contributed by atoms with Crippen LogP contribution in [0.2, 0.25) is 0 Å². The first-order chi connectivity index (χ1) is 6.37. The molecule has 0 aromatic carbocycles. The highest BCUT2D eigenvalue weighted by Crippen LogP contribution is 2.36. The van der Waals surface area contributed by atoms with E-state index >= 15 is 0 Å². The van der Waals surface area contributed by atoms with Gasteiger partial charge in [-0.1, -0.05) is 0 Å². The van der Waals surface area contributed by atoms with Gasteiger partial charge in [0, 0.05) is 6.26 Å². The van der Waals surface area contributed by atoms with Gasteiger partial charge in [0.2, 0.25) is 0 Å². The predicted octanol–water partition coefficient (Wildman–Crippen LogP) is -0.0890. The minimum Gasteiger partial charge on any atom is -0.393 e. The van der Waals surface area contributed by atoms with E-state index in [9.17, 15) is 13.5 Å². The number of nitrogens with two attached hydrogens (primary N) is 1. The van der Waals surface area contributed by atoms with Crippen LogP contribution in [0.5, 0.6) is 0 Å². The summed E-state index contributed by atoms with van der Waals surface area (Å²) in [5.74, 6) is 0.156. The van der Waals surface area contributed by atoms with Crippen molar-refractivity contribution < 1.29 is 13.5 Å². The molecule has 5 heteroatoms. The number of hydrogen-bond donors (Lipinski definition) is 2. The number of rotatable bonds is 3. The third-order valence-electron chi connectivity index (χ3n) is 3.02. The minimum atomic E-state index is -2.97. The Hall–Kier alpha value is -0.130. The molecule has 0 radical (unpaired) electrons. The fourth-order valence-corrected chi connectivity index (χ4v) is 3.70. The second-order valence-corrected chi connectivity index (χ2v) is 6.65. The summed E-state index contributed by atoms with van der Waals surface area (Å²) in [7, 11) is -2.97. The number of aliphatic hydroxyl groups excluding tert-OH is 1. The molecule has 3 N–H and O–H groups in total. The summed E-state index contributed by atoms with van der Waals surface area (Å²) in [6.07, 6.45) is 3.76. The van der Waals surface area contributed by atoms with E-state index in [-0.39, 0.29) is 17.3 Å². The summed E-state index contributed by atoms with van der Waals surface area (Å²) in [5, 5.41) is 9.34. The first-order valence-electron chi connectivity index (χ1n) is 4.93. The average Bonchev–Trinajstić information content (AvgIpc) is 2.07. The van der Waals surface area contributed by atoms with Gasteiger partial charge in [0.1, 0.15) is 9.84 Å². The van der Waals surface area contributed by atoms with Crippen molar-refractivity contribution in [2.24, 2.45) is 11.1 Å². The van der Waals surface area contributed by atoms with Gasteiger partial charge in [0.05, 0.1) is 11.9 Å². The van der Waals surface area contributed by atoms with E-state index in [4.69, 9.17) is 5.73 Å². The van der Waals surface area contributed by atoms with Crippen molar-refractivity contribution in [1.82, 2.24) is 0 Å². The zero-order valence-corrected chi connectivity index (χ0v) is 9.39. The molecule has 1 aliphatic carbocycles. The molecule has 1 fully saturated rings. The second kappa shape index (κ2) is 4.16. The van der Waals surface area contributed by atoms with E-state index in [0.29, 0.717) is 19.4 Å². The molecule has 0 aliphatic heterocycles. The van der Waals surface area contributed by atoms with Crippen LogP contribution < -0.4 is 5.73 Å². The standard InChI is InChI=1S/C9H19NO3S/c1-14(12,13)7-9(6-10)4-2-8(11)3-5-9/h8,11H,2-7,10H2,1H3. The number of aliphatic hydroxyl groups is 1. The fraction of sp³-hybridized carbons (Fsp3) is 1.00. The highest BCUT2D eigenvalue weighted by Gasteiger charge is 2.36. The van der Waals surface area contributed by atoms with Crippen LogP contribution in [0.25, 0.3) is 0 Å². The molecular formula is C9H19NO3S. The maximum absolute atomic E-state index is 11.2. The van der Waals surface area contributed by atoms with Crippen LogP contribution in [0.4, 0.5) is 0 Å². The lowest BCUT2D eigenvalue weighted by Crippen LogP contribution is -2.41. The Kier molecular flexibility index (Phi) is 3.55. The van der Waals surface area contributed by atoms with Crippen LogP contribution in [0.1, 0.15) is 25.7 Å². The molecule has 0 aromatic heterocycles. The van der Waals surface area contributed by atoms with Crippen LogP contribution in [0.3, 0.4) is 0 Å². The van der Waals surface area contributed by atoms with Crippen molar-refractivity contribution in [3.63, 3.8) is 0 Å². The lowest BCUT2D eigenvalue weighted by atomic mass is 9.74. The van der Waals surface area contributed by atoms with Crippen LogP contribution in [-0.2, 0) is 9.84 Å². The van der Waals surface area contributed by atoms with E-state index in [1.165, 1.54) is 6.26 Å². The molecule has 0 aromatic rings. The van der Waals surface area contributed by atoms with E-state index in [1.807, 2.05) is 0 Å². The van der Waals surface area contributed by atoms with E-state index in [2.05, 4.69) is 0 Å². The largest absolute Gasteiger partial charge is 0.393 e. The highest BCUT2D eigenvalue weighted by molar-refractivity contribution is 7.90. The Balaban J connectivity index is 2.68. The maximum atomic E-state index is 11.2. The lowest BCUT2D eigenvalue weighted by molar-refractivity contribution is 0.0768. The molecule has 4 nitrogen and oxygen atoms in total. The van der Waals surface area contributed by atoms with Crippen molar-refractivity contribution in [3.05, 3.63) is 0 Å². The first kappa shape index (κ1) is 11.9. The van der Waals surface area contributed by atoms with Crippen LogP contribution in [-0.4, -0.2) is 38.2 Å². The Morgan fingerprint density at radius 2 is 1.93 bits per heavy atom. The monoisotopic (exact) mass is 221 g/mol. The van der Waals surface area contributed by atoms with Gasteiger partial charge in [0.15, 0.2) is 0 Å². The van der Waals surface area contributed by atoms with Crippen molar-refractivity contribution in [2.75, 3.05) is 18.6 Å². The molecule has 84 valence electrons. The lowest BCUT2D eigenvalue weighted by Gasteiger charge is -2.37. The molecule has 0 atom stereocenters. The quantitative estimate of drug-likeness (QED) is 0.698. The molecule has 0 saturated heterocycles. The van der Waals surface area contributed by atoms with E-state index in [0.717, 1.165) is 12.8 Å². The summed E-state index contributed by atoms with van der Waals surface area (Å²) in [6.45, 7) is 0.396. The normalized spacial score (nSPS) is 34.4. The average molecular weight is 221 g/mol. The van der Waals surface area contributed by atoms with Crippen molar-refractivity contribution in [3.8, 4) is 0 Å².